The van der Waals surface area contributed by atoms with Crippen molar-refractivity contribution in [2.45, 2.75) is 25.7 Å². The van der Waals surface area contributed by atoms with Crippen molar-refractivity contribution in [3.63, 3.8) is 0 Å². The molecule has 6 heteroatoms. The van der Waals surface area contributed by atoms with E-state index in [-0.39, 0.29) is 36.9 Å². The number of halogens is 1. The van der Waals surface area contributed by atoms with Crippen molar-refractivity contribution in [2.75, 3.05) is 26.7 Å². The van der Waals surface area contributed by atoms with Crippen molar-refractivity contribution >= 4 is 24.1 Å². The number of amides is 1. The topological polar surface area (TPSA) is 72.6 Å². The fourth-order valence-electron chi connectivity index (χ4n) is 2.72. The summed E-state index contributed by atoms with van der Waals surface area (Å²) >= 11 is 0. The number of Topliss-reactive ketones (excluding diaryl/α,β-unsaturated/α-hetero) is 1. The molecule has 1 fully saturated rings. The highest BCUT2D eigenvalue weighted by atomic mass is 35.5. The Kier molecular flexibility index (Phi) is 8.06. The zero-order valence-electron chi connectivity index (χ0n) is 13.5. The lowest BCUT2D eigenvalue weighted by atomic mass is 9.96. The number of hydrogen-bond donors (Lipinski definition) is 1. The fraction of sp³-hybridized carbons (Fsp3) is 0.529. The first-order valence-corrected chi connectivity index (χ1v) is 7.79. The van der Waals surface area contributed by atoms with Gasteiger partial charge in [-0.05, 0) is 49.6 Å². The number of carbonyl (C=O) groups excluding carboxylic acids is 2. The molecule has 1 heterocycles. The summed E-state index contributed by atoms with van der Waals surface area (Å²) < 4.78 is 5.06. The van der Waals surface area contributed by atoms with E-state index in [2.05, 4.69) is 0 Å². The summed E-state index contributed by atoms with van der Waals surface area (Å²) in [6.07, 6.45) is 2.46. The number of methoxy groups -OCH3 is 1. The highest BCUT2D eigenvalue weighted by Crippen LogP contribution is 2.18. The molecule has 1 aliphatic heterocycles. The van der Waals surface area contributed by atoms with E-state index in [1.54, 1.807) is 31.4 Å². The van der Waals surface area contributed by atoms with Gasteiger partial charge in [0, 0.05) is 31.5 Å². The Morgan fingerprint density at radius 3 is 2.30 bits per heavy atom. The molecule has 0 atom stereocenters. The summed E-state index contributed by atoms with van der Waals surface area (Å²) in [5, 5.41) is 0. The van der Waals surface area contributed by atoms with Gasteiger partial charge in [0.15, 0.2) is 5.78 Å². The standard InChI is InChI=1S/C17H24N2O3.ClH/c1-22-15-4-2-14(3-5-15)16(20)6-7-17(21)19-10-8-13(12-18)9-11-19;/h2-5,13H,6-12,18H2,1H3;1H. The van der Waals surface area contributed by atoms with E-state index in [9.17, 15) is 9.59 Å². The van der Waals surface area contributed by atoms with Gasteiger partial charge in [0.2, 0.25) is 5.91 Å². The zero-order valence-corrected chi connectivity index (χ0v) is 14.3. The number of hydrogen-bond acceptors (Lipinski definition) is 4. The van der Waals surface area contributed by atoms with Crippen LogP contribution < -0.4 is 10.5 Å². The van der Waals surface area contributed by atoms with Crippen LogP contribution in [0.25, 0.3) is 0 Å². The second-order valence-corrected chi connectivity index (χ2v) is 5.71. The van der Waals surface area contributed by atoms with Crippen LogP contribution in [0.3, 0.4) is 0 Å². The molecule has 2 N–H and O–H groups in total. The highest BCUT2D eigenvalue weighted by molar-refractivity contribution is 5.98. The summed E-state index contributed by atoms with van der Waals surface area (Å²) in [4.78, 5) is 26.1. The lowest BCUT2D eigenvalue weighted by molar-refractivity contribution is -0.132. The molecule has 1 aromatic carbocycles. The number of rotatable bonds is 6. The van der Waals surface area contributed by atoms with Gasteiger partial charge in [-0.15, -0.1) is 12.4 Å². The third-order valence-electron chi connectivity index (χ3n) is 4.28. The molecule has 2 rings (SSSR count). The molecule has 0 aliphatic carbocycles. The Balaban J connectivity index is 0.00000264. The number of carbonyl (C=O) groups is 2. The average molecular weight is 341 g/mol. The molecule has 1 saturated heterocycles. The van der Waals surface area contributed by atoms with Crippen LogP contribution >= 0.6 is 12.4 Å². The van der Waals surface area contributed by atoms with Crippen molar-refractivity contribution in [1.82, 2.24) is 4.90 Å². The van der Waals surface area contributed by atoms with Crippen molar-refractivity contribution in [1.29, 1.82) is 0 Å². The third-order valence-corrected chi connectivity index (χ3v) is 4.28. The van der Waals surface area contributed by atoms with Gasteiger partial charge in [0.1, 0.15) is 5.75 Å². The van der Waals surface area contributed by atoms with Crippen molar-refractivity contribution in [3.05, 3.63) is 29.8 Å². The fourth-order valence-corrected chi connectivity index (χ4v) is 2.72. The van der Waals surface area contributed by atoms with Gasteiger partial charge < -0.3 is 15.4 Å². The minimum absolute atomic E-state index is 0. The summed E-state index contributed by atoms with van der Waals surface area (Å²) in [6.45, 7) is 2.22. The number of ketones is 1. The number of benzene rings is 1. The maximum Gasteiger partial charge on any atom is 0.223 e. The third kappa shape index (κ3) is 5.52. The first kappa shape index (κ1) is 19.5. The first-order chi connectivity index (χ1) is 10.6. The van der Waals surface area contributed by atoms with Gasteiger partial charge in [-0.2, -0.15) is 0 Å². The highest BCUT2D eigenvalue weighted by Gasteiger charge is 2.22. The number of ether oxygens (including phenoxy) is 1. The minimum Gasteiger partial charge on any atom is -0.497 e. The normalized spacial score (nSPS) is 15.0. The molecule has 1 amide bonds. The van der Waals surface area contributed by atoms with Crippen LogP contribution in [0.4, 0.5) is 0 Å². The lowest BCUT2D eigenvalue weighted by Crippen LogP contribution is -2.40. The van der Waals surface area contributed by atoms with Crippen LogP contribution in [-0.2, 0) is 4.79 Å². The molecule has 0 bridgehead atoms. The van der Waals surface area contributed by atoms with E-state index in [4.69, 9.17) is 10.5 Å². The monoisotopic (exact) mass is 340 g/mol. The van der Waals surface area contributed by atoms with Gasteiger partial charge in [-0.1, -0.05) is 0 Å². The number of likely N-dealkylation sites (tertiary alicyclic amines) is 1. The lowest BCUT2D eigenvalue weighted by Gasteiger charge is -2.31. The van der Waals surface area contributed by atoms with E-state index < -0.39 is 0 Å². The van der Waals surface area contributed by atoms with Crippen LogP contribution in [-0.4, -0.2) is 43.3 Å². The molecule has 5 nitrogen and oxygen atoms in total. The Hall–Kier alpha value is -1.59. The second-order valence-electron chi connectivity index (χ2n) is 5.71. The predicted octanol–water partition coefficient (Wildman–Crippen LogP) is 2.28. The summed E-state index contributed by atoms with van der Waals surface area (Å²) in [6, 6.07) is 6.98. The van der Waals surface area contributed by atoms with Crippen molar-refractivity contribution in [3.8, 4) is 5.75 Å². The van der Waals surface area contributed by atoms with Gasteiger partial charge in [-0.3, -0.25) is 9.59 Å². The van der Waals surface area contributed by atoms with Gasteiger partial charge in [0.05, 0.1) is 7.11 Å². The van der Waals surface area contributed by atoms with E-state index in [1.807, 2.05) is 4.90 Å². The molecule has 0 aromatic heterocycles. The molecule has 0 saturated carbocycles. The molecule has 23 heavy (non-hydrogen) atoms. The Morgan fingerprint density at radius 2 is 1.78 bits per heavy atom. The SMILES string of the molecule is COc1ccc(C(=O)CCC(=O)N2CCC(CN)CC2)cc1.Cl. The van der Waals surface area contributed by atoms with Crippen LogP contribution in [0, 0.1) is 5.92 Å². The molecule has 128 valence electrons. The molecule has 1 aromatic rings. The Bertz CT molecular complexity index is 511. The van der Waals surface area contributed by atoms with E-state index in [0.717, 1.165) is 31.7 Å². The van der Waals surface area contributed by atoms with Crippen LogP contribution in [0.1, 0.15) is 36.0 Å². The van der Waals surface area contributed by atoms with Gasteiger partial charge in [0.25, 0.3) is 0 Å². The minimum atomic E-state index is -0.00662. The zero-order chi connectivity index (χ0) is 15.9. The van der Waals surface area contributed by atoms with Crippen LogP contribution in [0.15, 0.2) is 24.3 Å². The Morgan fingerprint density at radius 1 is 1.17 bits per heavy atom. The van der Waals surface area contributed by atoms with Crippen LogP contribution in [0.2, 0.25) is 0 Å². The average Bonchev–Trinajstić information content (AvgIpc) is 2.59. The number of piperidine rings is 1. The number of nitrogens with zero attached hydrogens (tertiary/aromatic N) is 1. The van der Waals surface area contributed by atoms with Gasteiger partial charge in [-0.25, -0.2) is 0 Å². The first-order valence-electron chi connectivity index (χ1n) is 7.79. The summed E-state index contributed by atoms with van der Waals surface area (Å²) in [7, 11) is 1.59. The maximum atomic E-state index is 12.2. The molecule has 1 aliphatic rings. The molecular weight excluding hydrogens is 316 g/mol. The van der Waals surface area contributed by atoms with E-state index in [1.165, 1.54) is 0 Å². The maximum absolute atomic E-state index is 12.2. The molecule has 0 unspecified atom stereocenters. The van der Waals surface area contributed by atoms with E-state index in [0.29, 0.717) is 18.0 Å². The molecule has 0 radical (unpaired) electrons. The largest absolute Gasteiger partial charge is 0.497 e. The predicted molar refractivity (Wildman–Crippen MR) is 92.2 cm³/mol. The second kappa shape index (κ2) is 9.53. The Labute approximate surface area is 143 Å². The molecular formula is C17H25ClN2O3. The summed E-state index contributed by atoms with van der Waals surface area (Å²) in [5.41, 5.74) is 6.27. The van der Waals surface area contributed by atoms with Crippen molar-refractivity contribution < 1.29 is 14.3 Å². The molecule has 0 spiro atoms. The summed E-state index contributed by atoms with van der Waals surface area (Å²) in [5.74, 6) is 1.31. The smallest absolute Gasteiger partial charge is 0.223 e. The number of nitrogens with two attached hydrogens (primary N) is 1. The van der Waals surface area contributed by atoms with Crippen LogP contribution in [0.5, 0.6) is 5.75 Å². The quantitative estimate of drug-likeness (QED) is 0.806. The van der Waals surface area contributed by atoms with Crippen molar-refractivity contribution in [2.24, 2.45) is 11.7 Å². The van der Waals surface area contributed by atoms with Gasteiger partial charge >= 0.3 is 0 Å². The van der Waals surface area contributed by atoms with E-state index >= 15 is 0 Å².